The summed E-state index contributed by atoms with van der Waals surface area (Å²) in [4.78, 5) is 5.03. The Balaban J connectivity index is 1.55. The molecule has 5 heteroatoms. The number of likely N-dealkylation sites (tertiary alicyclic amines) is 1. The van der Waals surface area contributed by atoms with E-state index in [2.05, 4.69) is 72.2 Å². The largest absolute Gasteiger partial charge is 0.491 e. The number of methoxy groups -OCH3 is 1. The Morgan fingerprint density at radius 3 is 2.52 bits per heavy atom. The average molecular weight is 425 g/mol. The molecular weight excluding hydrogens is 388 g/mol. The van der Waals surface area contributed by atoms with E-state index < -0.39 is 0 Å². The molecule has 2 heterocycles. The van der Waals surface area contributed by atoms with E-state index >= 15 is 0 Å². The second kappa shape index (κ2) is 10.0. The van der Waals surface area contributed by atoms with Gasteiger partial charge in [0.05, 0.1) is 12.7 Å². The van der Waals surface area contributed by atoms with Gasteiger partial charge in [-0.3, -0.25) is 4.90 Å². The van der Waals surface area contributed by atoms with Crippen LogP contribution in [0.15, 0.2) is 48.5 Å². The summed E-state index contributed by atoms with van der Waals surface area (Å²) in [5.74, 6) is 2.03. The summed E-state index contributed by atoms with van der Waals surface area (Å²) in [6.07, 6.45) is 2.23. The molecule has 0 aromatic heterocycles. The zero-order valence-corrected chi connectivity index (χ0v) is 19.2. The fourth-order valence-corrected chi connectivity index (χ4v) is 4.72. The molecule has 0 saturated carbocycles. The monoisotopic (exact) mass is 424 g/mol. The Bertz CT molecular complexity index is 846. The van der Waals surface area contributed by atoms with Crippen molar-refractivity contribution in [3.05, 3.63) is 59.7 Å². The van der Waals surface area contributed by atoms with Crippen molar-refractivity contribution in [3.63, 3.8) is 0 Å². The van der Waals surface area contributed by atoms with Gasteiger partial charge in [0.1, 0.15) is 17.1 Å². The second-order valence-corrected chi connectivity index (χ2v) is 9.15. The first-order valence-electron chi connectivity index (χ1n) is 11.5. The highest BCUT2D eigenvalue weighted by Crippen LogP contribution is 2.36. The number of benzene rings is 2. The molecule has 2 aliphatic heterocycles. The van der Waals surface area contributed by atoms with Gasteiger partial charge in [0.25, 0.3) is 0 Å². The Hall–Kier alpha value is -2.08. The van der Waals surface area contributed by atoms with Crippen molar-refractivity contribution in [1.82, 2.24) is 9.80 Å². The second-order valence-electron chi connectivity index (χ2n) is 9.15. The summed E-state index contributed by atoms with van der Waals surface area (Å²) in [5, 5.41) is 0. The minimum Gasteiger partial charge on any atom is -0.491 e. The predicted octanol–water partition coefficient (Wildman–Crippen LogP) is 4.35. The molecule has 0 aliphatic carbocycles. The molecule has 168 valence electrons. The number of rotatable bonds is 7. The molecule has 2 aliphatic rings. The highest BCUT2D eigenvalue weighted by molar-refractivity contribution is 5.36. The van der Waals surface area contributed by atoms with Crippen molar-refractivity contribution < 1.29 is 14.2 Å². The molecule has 0 bridgehead atoms. The maximum Gasteiger partial charge on any atom is 0.124 e. The van der Waals surface area contributed by atoms with Crippen LogP contribution in [-0.4, -0.2) is 61.4 Å². The van der Waals surface area contributed by atoms with E-state index in [1.54, 1.807) is 7.11 Å². The van der Waals surface area contributed by atoms with E-state index in [0.717, 1.165) is 70.2 Å². The van der Waals surface area contributed by atoms with Crippen LogP contribution in [0.1, 0.15) is 37.8 Å². The molecule has 0 radical (unpaired) electrons. The van der Waals surface area contributed by atoms with E-state index in [-0.39, 0.29) is 11.7 Å². The maximum absolute atomic E-state index is 6.77. The van der Waals surface area contributed by atoms with Crippen molar-refractivity contribution in [1.29, 1.82) is 0 Å². The third kappa shape index (κ3) is 5.59. The Labute approximate surface area is 186 Å². The van der Waals surface area contributed by atoms with Crippen molar-refractivity contribution >= 4 is 0 Å². The number of hydrogen-bond donors (Lipinski definition) is 0. The molecule has 1 saturated heterocycles. The zero-order chi connectivity index (χ0) is 21.7. The lowest BCUT2D eigenvalue weighted by Crippen LogP contribution is -2.53. The van der Waals surface area contributed by atoms with Gasteiger partial charge in [0, 0.05) is 70.3 Å². The summed E-state index contributed by atoms with van der Waals surface area (Å²) in [6.45, 7) is 10.7. The van der Waals surface area contributed by atoms with Crippen LogP contribution in [0.25, 0.3) is 0 Å². The van der Waals surface area contributed by atoms with E-state index in [4.69, 9.17) is 14.2 Å². The molecule has 31 heavy (non-hydrogen) atoms. The Kier molecular flexibility index (Phi) is 7.16. The number of ether oxygens (including phenoxy) is 3. The van der Waals surface area contributed by atoms with Crippen LogP contribution in [0.2, 0.25) is 0 Å². The Morgan fingerprint density at radius 1 is 1.00 bits per heavy atom. The number of piperidine rings is 1. The molecule has 1 spiro atoms. The molecule has 2 aromatic rings. The lowest BCUT2D eigenvalue weighted by molar-refractivity contribution is -0.0235. The van der Waals surface area contributed by atoms with Gasteiger partial charge in [-0.1, -0.05) is 36.4 Å². The van der Waals surface area contributed by atoms with Crippen LogP contribution in [0, 0.1) is 0 Å². The average Bonchev–Trinajstić information content (AvgIpc) is 2.90. The van der Waals surface area contributed by atoms with E-state index in [1.165, 1.54) is 11.1 Å². The first-order chi connectivity index (χ1) is 15.1. The minimum atomic E-state index is -0.149. The van der Waals surface area contributed by atoms with Gasteiger partial charge in [-0.05, 0) is 26.0 Å². The number of hydrogen-bond acceptors (Lipinski definition) is 5. The third-order valence-electron chi connectivity index (χ3n) is 6.31. The van der Waals surface area contributed by atoms with Gasteiger partial charge in [0.15, 0.2) is 0 Å². The van der Waals surface area contributed by atoms with Crippen LogP contribution < -0.4 is 9.47 Å². The number of nitrogens with zero attached hydrogens (tertiary/aromatic N) is 2. The minimum absolute atomic E-state index is 0.149. The van der Waals surface area contributed by atoms with E-state index in [0.29, 0.717) is 0 Å². The van der Waals surface area contributed by atoms with Crippen LogP contribution in [-0.2, 0) is 17.8 Å². The molecule has 1 fully saturated rings. The van der Waals surface area contributed by atoms with E-state index in [1.807, 2.05) is 0 Å². The van der Waals surface area contributed by atoms with Crippen molar-refractivity contribution in [2.45, 2.75) is 51.5 Å². The molecule has 2 aromatic carbocycles. The van der Waals surface area contributed by atoms with Crippen LogP contribution >= 0.6 is 0 Å². The van der Waals surface area contributed by atoms with Crippen LogP contribution in [0.3, 0.4) is 0 Å². The molecule has 0 atom stereocenters. The molecular formula is C26H36N2O3. The van der Waals surface area contributed by atoms with Gasteiger partial charge < -0.3 is 19.1 Å². The van der Waals surface area contributed by atoms with E-state index in [9.17, 15) is 0 Å². The summed E-state index contributed by atoms with van der Waals surface area (Å²) >= 11 is 0. The predicted molar refractivity (Wildman–Crippen MR) is 124 cm³/mol. The lowest BCUT2D eigenvalue weighted by Gasteiger charge is -2.43. The zero-order valence-electron chi connectivity index (χ0n) is 19.2. The topological polar surface area (TPSA) is 34.2 Å². The molecule has 5 nitrogen and oxygen atoms in total. The third-order valence-corrected chi connectivity index (χ3v) is 6.31. The summed E-state index contributed by atoms with van der Waals surface area (Å²) in [5.41, 5.74) is 2.36. The van der Waals surface area contributed by atoms with Gasteiger partial charge in [-0.25, -0.2) is 0 Å². The smallest absolute Gasteiger partial charge is 0.124 e. The number of fused-ring (bicyclic) bond motifs is 1. The highest BCUT2D eigenvalue weighted by Gasteiger charge is 2.40. The molecule has 0 unspecified atom stereocenters. The van der Waals surface area contributed by atoms with Gasteiger partial charge in [0.2, 0.25) is 0 Å². The SMILES string of the molecule is COCCN1CCC2(CC1)CN(Cc1ccccc1OC(C)C)Cc1ccccc1O2. The Morgan fingerprint density at radius 2 is 1.74 bits per heavy atom. The summed E-state index contributed by atoms with van der Waals surface area (Å²) in [6, 6.07) is 17.0. The molecule has 0 amide bonds. The standard InChI is InChI=1S/C26H36N2O3/c1-21(2)30-24-10-6-4-8-22(24)18-28-19-23-9-5-7-11-25(23)31-26(20-28)12-14-27(15-13-26)16-17-29-3/h4-11,21H,12-20H2,1-3H3. The highest BCUT2D eigenvalue weighted by atomic mass is 16.5. The van der Waals surface area contributed by atoms with Crippen LogP contribution in [0.4, 0.5) is 0 Å². The summed E-state index contributed by atoms with van der Waals surface area (Å²) < 4.78 is 18.1. The fourth-order valence-electron chi connectivity index (χ4n) is 4.72. The molecule has 0 N–H and O–H groups in total. The van der Waals surface area contributed by atoms with Crippen molar-refractivity contribution in [2.24, 2.45) is 0 Å². The first kappa shape index (κ1) is 22.1. The van der Waals surface area contributed by atoms with Gasteiger partial charge in [-0.2, -0.15) is 0 Å². The fraction of sp³-hybridized carbons (Fsp3) is 0.538. The summed E-state index contributed by atoms with van der Waals surface area (Å²) in [7, 11) is 1.77. The van der Waals surface area contributed by atoms with Crippen LogP contribution in [0.5, 0.6) is 11.5 Å². The maximum atomic E-state index is 6.77. The van der Waals surface area contributed by atoms with Gasteiger partial charge >= 0.3 is 0 Å². The number of para-hydroxylation sites is 2. The lowest BCUT2D eigenvalue weighted by atomic mass is 9.90. The van der Waals surface area contributed by atoms with Gasteiger partial charge in [-0.15, -0.1) is 0 Å². The first-order valence-corrected chi connectivity index (χ1v) is 11.5. The molecule has 4 rings (SSSR count). The quantitative estimate of drug-likeness (QED) is 0.660. The normalized spacial score (nSPS) is 19.1. The van der Waals surface area contributed by atoms with Crippen molar-refractivity contribution in [2.75, 3.05) is 39.9 Å². The van der Waals surface area contributed by atoms with Crippen molar-refractivity contribution in [3.8, 4) is 11.5 Å².